The van der Waals surface area contributed by atoms with Gasteiger partial charge in [-0.1, -0.05) is 75.0 Å². The van der Waals surface area contributed by atoms with Crippen molar-refractivity contribution in [3.63, 3.8) is 0 Å². The van der Waals surface area contributed by atoms with Gasteiger partial charge in [-0.3, -0.25) is 9.36 Å². The van der Waals surface area contributed by atoms with Crippen LogP contribution in [0.1, 0.15) is 38.8 Å². The number of hydrogen-bond donors (Lipinski definition) is 1. The van der Waals surface area contributed by atoms with Gasteiger partial charge >= 0.3 is 0 Å². The van der Waals surface area contributed by atoms with Gasteiger partial charge in [-0.15, -0.1) is 10.2 Å². The third-order valence-corrected chi connectivity index (χ3v) is 7.07. The number of carbonyl (C=O) groups is 1. The van der Waals surface area contributed by atoms with E-state index in [2.05, 4.69) is 65.8 Å². The molecule has 9 heteroatoms. The zero-order valence-corrected chi connectivity index (χ0v) is 23.9. The van der Waals surface area contributed by atoms with E-state index in [-0.39, 0.29) is 17.1 Å². The van der Waals surface area contributed by atoms with E-state index in [9.17, 15) is 4.79 Å². The topological polar surface area (TPSA) is 90.6 Å². The van der Waals surface area contributed by atoms with Crippen molar-refractivity contribution in [1.29, 1.82) is 0 Å². The summed E-state index contributed by atoms with van der Waals surface area (Å²) in [6.45, 7) is 8.38. The Labute approximate surface area is 233 Å². The predicted octanol–water partition coefficient (Wildman–Crippen LogP) is 5.88. The van der Waals surface area contributed by atoms with Crippen LogP contribution in [0.3, 0.4) is 0 Å². The maximum atomic E-state index is 12.7. The summed E-state index contributed by atoms with van der Waals surface area (Å²) in [6, 6.07) is 23.7. The van der Waals surface area contributed by atoms with Gasteiger partial charge in [0.2, 0.25) is 0 Å². The number of hydrogen-bond acceptors (Lipinski definition) is 7. The fraction of sp³-hybridized carbons (Fsp3) is 0.267. The minimum absolute atomic E-state index is 0.0558. The van der Waals surface area contributed by atoms with E-state index in [0.717, 1.165) is 16.8 Å². The highest BCUT2D eigenvalue weighted by Gasteiger charge is 2.19. The average Bonchev–Trinajstić information content (AvgIpc) is 3.38. The molecule has 1 aromatic heterocycles. The summed E-state index contributed by atoms with van der Waals surface area (Å²) >= 11 is 1.30. The lowest BCUT2D eigenvalue weighted by molar-refractivity contribution is -0.118. The van der Waals surface area contributed by atoms with E-state index in [0.29, 0.717) is 28.2 Å². The van der Waals surface area contributed by atoms with E-state index >= 15 is 0 Å². The zero-order valence-electron chi connectivity index (χ0n) is 23.1. The predicted molar refractivity (Wildman–Crippen MR) is 156 cm³/mol. The molecule has 0 aliphatic carbocycles. The molecule has 0 atom stereocenters. The first kappa shape index (κ1) is 27.9. The van der Waals surface area contributed by atoms with Crippen molar-refractivity contribution in [2.24, 2.45) is 5.10 Å². The number of ether oxygens (including phenoxy) is 2. The molecular formula is C30H33N5O3S. The monoisotopic (exact) mass is 543 g/mol. The largest absolute Gasteiger partial charge is 0.493 e. The number of benzene rings is 3. The first-order valence-electron chi connectivity index (χ1n) is 12.5. The summed E-state index contributed by atoms with van der Waals surface area (Å²) in [7, 11) is 3.16. The van der Waals surface area contributed by atoms with Gasteiger partial charge in [0.15, 0.2) is 22.5 Å². The van der Waals surface area contributed by atoms with Gasteiger partial charge in [0.25, 0.3) is 5.91 Å². The molecule has 1 heterocycles. The lowest BCUT2D eigenvalue weighted by Gasteiger charge is -2.19. The van der Waals surface area contributed by atoms with E-state index in [4.69, 9.17) is 9.47 Å². The van der Waals surface area contributed by atoms with Crippen LogP contribution in [0.2, 0.25) is 0 Å². The SMILES string of the molecule is COc1ccc(/C(C)=N/NC(=O)CSc2nnc(-c3ccc(C(C)(C)C)cc3)n2-c2ccccc2)cc1OC. The number of para-hydroxylation sites is 1. The van der Waals surface area contributed by atoms with Crippen molar-refractivity contribution in [1.82, 2.24) is 20.2 Å². The number of thioether (sulfide) groups is 1. The van der Waals surface area contributed by atoms with Gasteiger partial charge in [-0.2, -0.15) is 5.10 Å². The van der Waals surface area contributed by atoms with Gasteiger partial charge in [0, 0.05) is 16.8 Å². The van der Waals surface area contributed by atoms with Gasteiger partial charge in [0.05, 0.1) is 25.7 Å². The smallest absolute Gasteiger partial charge is 0.250 e. The van der Waals surface area contributed by atoms with E-state index in [1.165, 1.54) is 17.3 Å². The number of nitrogens with one attached hydrogen (secondary N) is 1. The Balaban J connectivity index is 1.51. The first-order chi connectivity index (χ1) is 18.7. The molecule has 4 rings (SSSR count). The molecule has 0 bridgehead atoms. The molecule has 0 aliphatic rings. The van der Waals surface area contributed by atoms with Crippen LogP contribution in [0.15, 0.2) is 83.1 Å². The summed E-state index contributed by atoms with van der Waals surface area (Å²) in [5.74, 6) is 1.80. The highest BCUT2D eigenvalue weighted by molar-refractivity contribution is 7.99. The maximum absolute atomic E-state index is 12.7. The van der Waals surface area contributed by atoms with Crippen LogP contribution in [-0.2, 0) is 10.2 Å². The highest BCUT2D eigenvalue weighted by Crippen LogP contribution is 2.30. The summed E-state index contributed by atoms with van der Waals surface area (Å²) < 4.78 is 12.6. The second kappa shape index (κ2) is 12.2. The molecule has 202 valence electrons. The van der Waals surface area contributed by atoms with E-state index < -0.39 is 0 Å². The molecule has 0 radical (unpaired) electrons. The third-order valence-electron chi connectivity index (χ3n) is 6.14. The minimum Gasteiger partial charge on any atom is -0.493 e. The fourth-order valence-corrected chi connectivity index (χ4v) is 4.66. The molecule has 4 aromatic rings. The molecule has 0 spiro atoms. The Morgan fingerprint density at radius 2 is 1.64 bits per heavy atom. The zero-order chi connectivity index (χ0) is 28.0. The second-order valence-electron chi connectivity index (χ2n) is 9.90. The highest BCUT2D eigenvalue weighted by atomic mass is 32.2. The van der Waals surface area contributed by atoms with Gasteiger partial charge in [-0.25, -0.2) is 5.43 Å². The molecular weight excluding hydrogens is 510 g/mol. The van der Waals surface area contributed by atoms with Crippen LogP contribution in [0.4, 0.5) is 0 Å². The normalized spacial score (nSPS) is 11.8. The van der Waals surface area contributed by atoms with Crippen molar-refractivity contribution >= 4 is 23.4 Å². The van der Waals surface area contributed by atoms with Crippen molar-refractivity contribution < 1.29 is 14.3 Å². The Hall–Kier alpha value is -4.11. The molecule has 0 unspecified atom stereocenters. The Morgan fingerprint density at radius 1 is 0.949 bits per heavy atom. The lowest BCUT2D eigenvalue weighted by atomic mass is 9.87. The standard InChI is InChI=1S/C30H33N5O3S/c1-20(22-14-17-25(37-5)26(18-22)38-6)31-32-27(36)19-39-29-34-33-28(35(29)24-10-8-7-9-11-24)21-12-15-23(16-13-21)30(2,3)4/h7-18H,19H2,1-6H3,(H,32,36)/b31-20+. The fourth-order valence-electron chi connectivity index (χ4n) is 3.91. The van der Waals surface area contributed by atoms with Crippen LogP contribution in [0.5, 0.6) is 11.5 Å². The number of rotatable bonds is 9. The van der Waals surface area contributed by atoms with Crippen molar-refractivity contribution in [2.45, 2.75) is 38.3 Å². The minimum atomic E-state index is -0.251. The van der Waals surface area contributed by atoms with Gasteiger partial charge in [0.1, 0.15) is 0 Å². The van der Waals surface area contributed by atoms with Crippen molar-refractivity contribution in [2.75, 3.05) is 20.0 Å². The van der Waals surface area contributed by atoms with Crippen LogP contribution >= 0.6 is 11.8 Å². The van der Waals surface area contributed by atoms with Crippen LogP contribution < -0.4 is 14.9 Å². The molecule has 39 heavy (non-hydrogen) atoms. The second-order valence-corrected chi connectivity index (χ2v) is 10.8. The summed E-state index contributed by atoms with van der Waals surface area (Å²) in [5, 5.41) is 13.8. The number of carbonyl (C=O) groups excluding carboxylic acids is 1. The van der Waals surface area contributed by atoms with Crippen LogP contribution in [-0.4, -0.2) is 46.4 Å². The quantitative estimate of drug-likeness (QED) is 0.161. The average molecular weight is 544 g/mol. The molecule has 1 N–H and O–H groups in total. The number of nitrogens with zero attached hydrogens (tertiary/aromatic N) is 4. The molecule has 0 fully saturated rings. The molecule has 0 saturated carbocycles. The van der Waals surface area contributed by atoms with Crippen molar-refractivity contribution in [3.05, 3.63) is 83.9 Å². The van der Waals surface area contributed by atoms with Crippen LogP contribution in [0.25, 0.3) is 17.1 Å². The Morgan fingerprint density at radius 3 is 2.28 bits per heavy atom. The summed E-state index contributed by atoms with van der Waals surface area (Å²) in [4.78, 5) is 12.7. The van der Waals surface area contributed by atoms with E-state index in [1.54, 1.807) is 20.3 Å². The molecule has 0 saturated heterocycles. The molecule has 8 nitrogen and oxygen atoms in total. The van der Waals surface area contributed by atoms with Gasteiger partial charge < -0.3 is 9.47 Å². The Kier molecular flexibility index (Phi) is 8.71. The lowest BCUT2D eigenvalue weighted by Crippen LogP contribution is -2.21. The van der Waals surface area contributed by atoms with Crippen LogP contribution in [0, 0.1) is 0 Å². The summed E-state index contributed by atoms with van der Waals surface area (Å²) in [6.07, 6.45) is 0. The number of methoxy groups -OCH3 is 2. The number of hydrazone groups is 1. The maximum Gasteiger partial charge on any atom is 0.250 e. The number of aromatic nitrogens is 3. The molecule has 0 aliphatic heterocycles. The molecule has 1 amide bonds. The first-order valence-corrected chi connectivity index (χ1v) is 13.5. The van der Waals surface area contributed by atoms with Crippen molar-refractivity contribution in [3.8, 4) is 28.6 Å². The number of amides is 1. The summed E-state index contributed by atoms with van der Waals surface area (Å²) in [5.41, 5.74) is 7.25. The van der Waals surface area contributed by atoms with Gasteiger partial charge in [-0.05, 0) is 48.2 Å². The Bertz CT molecular complexity index is 1460. The van der Waals surface area contributed by atoms with E-state index in [1.807, 2.05) is 54.0 Å². The third kappa shape index (κ3) is 6.67. The molecule has 3 aromatic carbocycles.